The average Bonchev–Trinajstić information content (AvgIpc) is 2.65. The van der Waals surface area contributed by atoms with Crippen molar-refractivity contribution in [2.75, 3.05) is 10.6 Å². The summed E-state index contributed by atoms with van der Waals surface area (Å²) in [6.07, 6.45) is 3.07. The lowest BCUT2D eigenvalue weighted by molar-refractivity contribution is 0.102. The largest absolute Gasteiger partial charge is 0.491 e. The van der Waals surface area contributed by atoms with Crippen LogP contribution in [-0.4, -0.2) is 17.0 Å². The van der Waals surface area contributed by atoms with Crippen LogP contribution in [0.15, 0.2) is 67.0 Å². The Hall–Kier alpha value is -3.41. The highest BCUT2D eigenvalue weighted by Crippen LogP contribution is 2.21. The van der Waals surface area contributed by atoms with E-state index in [0.717, 1.165) is 5.75 Å². The molecule has 0 spiro atoms. The number of rotatable bonds is 6. The third-order valence-corrected chi connectivity index (χ3v) is 3.64. The van der Waals surface area contributed by atoms with Crippen molar-refractivity contribution in [1.82, 2.24) is 4.98 Å². The van der Waals surface area contributed by atoms with Gasteiger partial charge < -0.3 is 15.4 Å². The molecule has 0 atom stereocenters. The summed E-state index contributed by atoms with van der Waals surface area (Å²) < 4.78 is 19.3. The minimum absolute atomic E-state index is 0.0845. The van der Waals surface area contributed by atoms with Gasteiger partial charge in [0.1, 0.15) is 11.6 Å². The molecule has 0 fully saturated rings. The molecule has 2 N–H and O–H groups in total. The van der Waals surface area contributed by atoms with Crippen LogP contribution in [0.4, 0.5) is 21.5 Å². The van der Waals surface area contributed by atoms with Crippen LogP contribution in [0.25, 0.3) is 0 Å². The fraction of sp³-hybridized carbons (Fsp3) is 0.143. The molecule has 0 radical (unpaired) electrons. The van der Waals surface area contributed by atoms with Gasteiger partial charge in [-0.3, -0.25) is 9.78 Å². The quantitative estimate of drug-likeness (QED) is 0.645. The van der Waals surface area contributed by atoms with Gasteiger partial charge in [-0.25, -0.2) is 4.39 Å². The van der Waals surface area contributed by atoms with Crippen LogP contribution in [0.5, 0.6) is 5.75 Å². The third-order valence-electron chi connectivity index (χ3n) is 3.64. The minimum Gasteiger partial charge on any atom is -0.491 e. The van der Waals surface area contributed by atoms with Crippen LogP contribution in [0.3, 0.4) is 0 Å². The molecule has 0 saturated heterocycles. The summed E-state index contributed by atoms with van der Waals surface area (Å²) >= 11 is 0. The molecule has 0 unspecified atom stereocenters. The van der Waals surface area contributed by atoms with E-state index in [2.05, 4.69) is 15.6 Å². The molecule has 2 aromatic carbocycles. The summed E-state index contributed by atoms with van der Waals surface area (Å²) in [7, 11) is 0. The van der Waals surface area contributed by atoms with Crippen molar-refractivity contribution in [2.45, 2.75) is 20.0 Å². The lowest BCUT2D eigenvalue weighted by atomic mass is 10.2. The number of ether oxygens (including phenoxy) is 1. The summed E-state index contributed by atoms with van der Waals surface area (Å²) in [4.78, 5) is 16.5. The van der Waals surface area contributed by atoms with Gasteiger partial charge in [-0.2, -0.15) is 0 Å². The topological polar surface area (TPSA) is 63.2 Å². The van der Waals surface area contributed by atoms with E-state index in [0.29, 0.717) is 22.6 Å². The van der Waals surface area contributed by atoms with Gasteiger partial charge in [0.2, 0.25) is 0 Å². The fourth-order valence-electron chi connectivity index (χ4n) is 2.44. The highest BCUT2D eigenvalue weighted by atomic mass is 19.1. The van der Waals surface area contributed by atoms with Crippen molar-refractivity contribution in [3.8, 4) is 5.75 Å². The lowest BCUT2D eigenvalue weighted by Crippen LogP contribution is -2.12. The van der Waals surface area contributed by atoms with E-state index in [1.807, 2.05) is 13.8 Å². The van der Waals surface area contributed by atoms with Crippen LogP contribution >= 0.6 is 0 Å². The summed E-state index contributed by atoms with van der Waals surface area (Å²) in [5.74, 6) is 0.0500. The zero-order valence-corrected chi connectivity index (χ0v) is 15.1. The molecule has 0 bridgehead atoms. The van der Waals surface area contributed by atoms with E-state index >= 15 is 0 Å². The SMILES string of the molecule is CC(C)Oc1ccc(NC(=O)c2cncc(Nc3ccccc3F)c2)cc1. The van der Waals surface area contributed by atoms with Gasteiger partial charge >= 0.3 is 0 Å². The van der Waals surface area contributed by atoms with E-state index in [1.54, 1.807) is 48.5 Å². The molecule has 1 heterocycles. The monoisotopic (exact) mass is 365 g/mol. The lowest BCUT2D eigenvalue weighted by Gasteiger charge is -2.11. The van der Waals surface area contributed by atoms with Crippen molar-refractivity contribution >= 4 is 23.0 Å². The number of nitrogens with one attached hydrogen (secondary N) is 2. The number of carbonyl (C=O) groups excluding carboxylic acids is 1. The number of amides is 1. The van der Waals surface area contributed by atoms with Crippen LogP contribution in [-0.2, 0) is 0 Å². The van der Waals surface area contributed by atoms with E-state index in [1.165, 1.54) is 18.5 Å². The Labute approximate surface area is 157 Å². The highest BCUT2D eigenvalue weighted by Gasteiger charge is 2.09. The number of nitrogens with zero attached hydrogens (tertiary/aromatic N) is 1. The van der Waals surface area contributed by atoms with Crippen molar-refractivity contribution in [3.63, 3.8) is 0 Å². The number of hydrogen-bond donors (Lipinski definition) is 2. The van der Waals surface area contributed by atoms with E-state index < -0.39 is 0 Å². The first-order valence-corrected chi connectivity index (χ1v) is 8.56. The molecular formula is C21H20FN3O2. The minimum atomic E-state index is -0.379. The van der Waals surface area contributed by atoms with Gasteiger partial charge in [0.05, 0.1) is 29.2 Å². The first-order chi connectivity index (χ1) is 13.0. The van der Waals surface area contributed by atoms with E-state index in [9.17, 15) is 9.18 Å². The molecule has 3 aromatic rings. The molecule has 0 saturated carbocycles. The maximum Gasteiger partial charge on any atom is 0.257 e. The van der Waals surface area contributed by atoms with Crippen LogP contribution in [0.1, 0.15) is 24.2 Å². The average molecular weight is 365 g/mol. The third kappa shape index (κ3) is 5.04. The molecule has 1 aromatic heterocycles. The number of halogens is 1. The first-order valence-electron chi connectivity index (χ1n) is 8.56. The molecule has 0 aliphatic carbocycles. The van der Waals surface area contributed by atoms with Crippen molar-refractivity contribution in [1.29, 1.82) is 0 Å². The number of anilines is 3. The molecule has 1 amide bonds. The molecular weight excluding hydrogens is 345 g/mol. The zero-order chi connectivity index (χ0) is 19.2. The second kappa shape index (κ2) is 8.31. The summed E-state index contributed by atoms with van der Waals surface area (Å²) in [6.45, 7) is 3.90. The van der Waals surface area contributed by atoms with Crippen LogP contribution in [0.2, 0.25) is 0 Å². The molecule has 0 aliphatic heterocycles. The fourth-order valence-corrected chi connectivity index (χ4v) is 2.44. The van der Waals surface area contributed by atoms with Gasteiger partial charge in [-0.15, -0.1) is 0 Å². The predicted octanol–water partition coefficient (Wildman–Crippen LogP) is 5.00. The Morgan fingerprint density at radius 1 is 1.04 bits per heavy atom. The Morgan fingerprint density at radius 2 is 1.78 bits per heavy atom. The molecule has 138 valence electrons. The molecule has 0 aliphatic rings. The Kier molecular flexibility index (Phi) is 5.66. The maximum atomic E-state index is 13.8. The van der Waals surface area contributed by atoms with Gasteiger partial charge in [0.25, 0.3) is 5.91 Å². The molecule has 6 heteroatoms. The number of para-hydroxylation sites is 1. The van der Waals surface area contributed by atoms with E-state index in [-0.39, 0.29) is 17.8 Å². The number of benzene rings is 2. The van der Waals surface area contributed by atoms with Gasteiger partial charge in [0, 0.05) is 11.9 Å². The molecule has 3 rings (SSSR count). The van der Waals surface area contributed by atoms with Gasteiger partial charge in [-0.05, 0) is 56.3 Å². The Morgan fingerprint density at radius 3 is 2.48 bits per heavy atom. The van der Waals surface area contributed by atoms with E-state index in [4.69, 9.17) is 4.74 Å². The standard InChI is InChI=1S/C21H20FN3O2/c1-14(2)27-18-9-7-16(8-10-18)25-21(26)15-11-17(13-23-12-15)24-20-6-4-3-5-19(20)22/h3-14,24H,1-2H3,(H,25,26). The Balaban J connectivity index is 1.69. The van der Waals surface area contributed by atoms with Crippen molar-refractivity contribution < 1.29 is 13.9 Å². The summed E-state index contributed by atoms with van der Waals surface area (Å²) in [5.41, 5.74) is 1.84. The van der Waals surface area contributed by atoms with Crippen molar-refractivity contribution in [2.24, 2.45) is 0 Å². The van der Waals surface area contributed by atoms with Crippen LogP contribution in [0, 0.1) is 5.82 Å². The molecule has 27 heavy (non-hydrogen) atoms. The van der Waals surface area contributed by atoms with Gasteiger partial charge in [-0.1, -0.05) is 12.1 Å². The first kappa shape index (κ1) is 18.4. The Bertz CT molecular complexity index is 927. The smallest absolute Gasteiger partial charge is 0.257 e. The van der Waals surface area contributed by atoms with Gasteiger partial charge in [0.15, 0.2) is 0 Å². The normalized spacial score (nSPS) is 10.5. The number of aromatic nitrogens is 1. The number of pyridine rings is 1. The second-order valence-electron chi connectivity index (χ2n) is 6.21. The summed E-state index contributed by atoms with van der Waals surface area (Å²) in [5, 5.41) is 5.73. The van der Waals surface area contributed by atoms with Crippen molar-refractivity contribution in [3.05, 3.63) is 78.4 Å². The zero-order valence-electron chi connectivity index (χ0n) is 15.1. The molecule has 5 nitrogen and oxygen atoms in total. The number of carbonyl (C=O) groups is 1. The maximum absolute atomic E-state index is 13.8. The highest BCUT2D eigenvalue weighted by molar-refractivity contribution is 6.04. The summed E-state index contributed by atoms with van der Waals surface area (Å²) in [6, 6.07) is 15.1. The number of hydrogen-bond acceptors (Lipinski definition) is 4. The predicted molar refractivity (Wildman–Crippen MR) is 104 cm³/mol. The van der Waals surface area contributed by atoms with Crippen LogP contribution < -0.4 is 15.4 Å². The second-order valence-corrected chi connectivity index (χ2v) is 6.21.